The summed E-state index contributed by atoms with van der Waals surface area (Å²) in [5.74, 6) is -0.113. The highest BCUT2D eigenvalue weighted by molar-refractivity contribution is 6.32. The summed E-state index contributed by atoms with van der Waals surface area (Å²) in [5.41, 5.74) is 3.32. The molecule has 2 N–H and O–H groups in total. The molecule has 1 heterocycles. The van der Waals surface area contributed by atoms with Crippen molar-refractivity contribution in [3.63, 3.8) is 0 Å². The molecule has 0 atom stereocenters. The topological polar surface area (TPSA) is 63.2 Å². The lowest BCUT2D eigenvalue weighted by atomic mass is 10.3. The van der Waals surface area contributed by atoms with Crippen LogP contribution in [0.2, 0.25) is 5.02 Å². The third-order valence-corrected chi connectivity index (χ3v) is 2.02. The van der Waals surface area contributed by atoms with E-state index in [9.17, 15) is 18.0 Å². The number of alkyl halides is 3. The molecule has 18 heavy (non-hydrogen) atoms. The number of rotatable bonds is 3. The Morgan fingerprint density at radius 1 is 1.56 bits per heavy atom. The van der Waals surface area contributed by atoms with Crippen LogP contribution in [-0.4, -0.2) is 17.7 Å². The number of amides is 1. The average molecular weight is 284 g/mol. The molecule has 1 rings (SSSR count). The van der Waals surface area contributed by atoms with Crippen LogP contribution < -0.4 is 10.9 Å². The molecule has 0 unspecified atom stereocenters. The van der Waals surface area contributed by atoms with Crippen LogP contribution in [0, 0.1) is 0 Å². The van der Waals surface area contributed by atoms with Gasteiger partial charge in [0.15, 0.2) is 5.82 Å². The summed E-state index contributed by atoms with van der Waals surface area (Å²) in [6, 6.07) is 0.698. The van der Waals surface area contributed by atoms with Crippen LogP contribution >= 0.6 is 11.6 Å². The summed E-state index contributed by atoms with van der Waals surface area (Å²) in [5, 5.41) is -0.276. The molecule has 1 aromatic heterocycles. The Balaban J connectivity index is 2.72. The molecule has 9 heteroatoms. The van der Waals surface area contributed by atoms with Crippen molar-refractivity contribution in [3.8, 4) is 0 Å². The molecule has 0 aliphatic rings. The largest absolute Gasteiger partial charge is 0.449 e. The summed E-state index contributed by atoms with van der Waals surface area (Å²) >= 11 is 5.58. The number of ether oxygens (including phenoxy) is 1. The monoisotopic (exact) mass is 283 g/mol. The Bertz CT molecular complexity index is 440. The second-order valence-electron chi connectivity index (χ2n) is 3.02. The van der Waals surface area contributed by atoms with Gasteiger partial charge in [0.2, 0.25) is 0 Å². The van der Waals surface area contributed by atoms with Gasteiger partial charge in [0.05, 0.1) is 17.2 Å². The number of hydrazine groups is 1. The van der Waals surface area contributed by atoms with Crippen molar-refractivity contribution in [3.05, 3.63) is 22.8 Å². The number of nitrogens with one attached hydrogen (secondary N) is 2. The Morgan fingerprint density at radius 3 is 2.72 bits per heavy atom. The molecule has 0 saturated heterocycles. The fraction of sp³-hybridized carbons (Fsp3) is 0.333. The zero-order chi connectivity index (χ0) is 13.8. The first-order valence-electron chi connectivity index (χ1n) is 4.76. The number of nitrogens with zero attached hydrogens (tertiary/aromatic N) is 1. The van der Waals surface area contributed by atoms with Gasteiger partial charge in [-0.05, 0) is 13.0 Å². The van der Waals surface area contributed by atoms with E-state index in [1.807, 2.05) is 0 Å². The molecule has 0 aliphatic heterocycles. The molecule has 0 saturated carbocycles. The fourth-order valence-electron chi connectivity index (χ4n) is 0.962. The maximum Gasteiger partial charge on any atom is 0.425 e. The molecule has 0 spiro atoms. The maximum absolute atomic E-state index is 12.3. The molecule has 0 radical (unpaired) electrons. The van der Waals surface area contributed by atoms with Crippen molar-refractivity contribution in [2.45, 2.75) is 13.1 Å². The van der Waals surface area contributed by atoms with E-state index in [1.165, 1.54) is 0 Å². The standard InChI is InChI=1S/C9H9ClF3N3O2/c1-2-18-8(17)16-15-7-6(10)3-5(4-14-7)9(11,12)13/h3-4H,2H2,1H3,(H,14,15)(H,16,17). The summed E-state index contributed by atoms with van der Waals surface area (Å²) in [6.07, 6.45) is -4.72. The van der Waals surface area contributed by atoms with Crippen LogP contribution in [0.25, 0.3) is 0 Å². The average Bonchev–Trinajstić information content (AvgIpc) is 2.26. The molecule has 5 nitrogen and oxygen atoms in total. The number of carbonyl (C=O) groups excluding carboxylic acids is 1. The van der Waals surface area contributed by atoms with Crippen molar-refractivity contribution < 1.29 is 22.7 Å². The molecule has 1 aromatic rings. The summed E-state index contributed by atoms with van der Waals surface area (Å²) in [7, 11) is 0. The first-order valence-corrected chi connectivity index (χ1v) is 5.14. The lowest BCUT2D eigenvalue weighted by Gasteiger charge is -2.11. The van der Waals surface area contributed by atoms with Crippen molar-refractivity contribution in [1.82, 2.24) is 10.4 Å². The number of anilines is 1. The minimum atomic E-state index is -4.52. The molecule has 0 aliphatic carbocycles. The predicted molar refractivity (Wildman–Crippen MR) is 58.0 cm³/mol. The summed E-state index contributed by atoms with van der Waals surface area (Å²) in [4.78, 5) is 14.4. The Labute approximate surface area is 105 Å². The van der Waals surface area contributed by atoms with Gasteiger partial charge in [-0.25, -0.2) is 15.2 Å². The van der Waals surface area contributed by atoms with Crippen LogP contribution in [-0.2, 0) is 10.9 Å². The molecular formula is C9H9ClF3N3O2. The number of aromatic nitrogens is 1. The van der Waals surface area contributed by atoms with Crippen LogP contribution in [0.3, 0.4) is 0 Å². The smallest absolute Gasteiger partial charge is 0.425 e. The van der Waals surface area contributed by atoms with Crippen LogP contribution in [0.1, 0.15) is 12.5 Å². The quantitative estimate of drug-likeness (QED) is 0.837. The third-order valence-electron chi connectivity index (χ3n) is 1.73. The molecule has 100 valence electrons. The van der Waals surface area contributed by atoms with E-state index >= 15 is 0 Å². The van der Waals surface area contributed by atoms with E-state index in [2.05, 4.69) is 20.6 Å². The highest BCUT2D eigenvalue weighted by Gasteiger charge is 2.31. The van der Waals surface area contributed by atoms with Gasteiger partial charge < -0.3 is 4.74 Å². The minimum Gasteiger partial charge on any atom is -0.449 e. The van der Waals surface area contributed by atoms with Gasteiger partial charge in [-0.15, -0.1) is 0 Å². The van der Waals surface area contributed by atoms with Gasteiger partial charge in [0.1, 0.15) is 0 Å². The minimum absolute atomic E-state index is 0.113. The van der Waals surface area contributed by atoms with Gasteiger partial charge in [0, 0.05) is 6.20 Å². The SMILES string of the molecule is CCOC(=O)NNc1ncc(C(F)(F)F)cc1Cl. The van der Waals surface area contributed by atoms with Crippen molar-refractivity contribution >= 4 is 23.5 Å². The number of pyridine rings is 1. The van der Waals surface area contributed by atoms with Gasteiger partial charge >= 0.3 is 12.3 Å². The Kier molecular flexibility index (Phi) is 4.60. The second-order valence-corrected chi connectivity index (χ2v) is 3.43. The Hall–Kier alpha value is -1.70. The lowest BCUT2D eigenvalue weighted by molar-refractivity contribution is -0.137. The van der Waals surface area contributed by atoms with Gasteiger partial charge in [0.25, 0.3) is 0 Å². The lowest BCUT2D eigenvalue weighted by Crippen LogP contribution is -2.30. The van der Waals surface area contributed by atoms with Crippen molar-refractivity contribution in [2.75, 3.05) is 12.0 Å². The molecule has 0 aromatic carbocycles. The van der Waals surface area contributed by atoms with E-state index in [-0.39, 0.29) is 17.4 Å². The molecule has 0 bridgehead atoms. The number of halogens is 4. The maximum atomic E-state index is 12.3. The Morgan fingerprint density at radius 2 is 2.22 bits per heavy atom. The number of carbonyl (C=O) groups is 1. The van der Waals surface area contributed by atoms with Gasteiger partial charge in [-0.3, -0.25) is 5.43 Å². The normalized spacial score (nSPS) is 10.9. The van der Waals surface area contributed by atoms with Crippen molar-refractivity contribution in [1.29, 1.82) is 0 Å². The van der Waals surface area contributed by atoms with E-state index in [0.29, 0.717) is 12.3 Å². The van der Waals surface area contributed by atoms with E-state index in [4.69, 9.17) is 11.6 Å². The van der Waals surface area contributed by atoms with E-state index in [1.54, 1.807) is 6.92 Å². The van der Waals surface area contributed by atoms with E-state index in [0.717, 1.165) is 0 Å². The van der Waals surface area contributed by atoms with E-state index < -0.39 is 17.8 Å². The zero-order valence-corrected chi connectivity index (χ0v) is 9.89. The van der Waals surface area contributed by atoms with Crippen LogP contribution in [0.5, 0.6) is 0 Å². The van der Waals surface area contributed by atoms with Gasteiger partial charge in [-0.1, -0.05) is 11.6 Å². The van der Waals surface area contributed by atoms with Crippen LogP contribution in [0.15, 0.2) is 12.3 Å². The summed E-state index contributed by atoms with van der Waals surface area (Å²) < 4.78 is 41.4. The molecule has 1 amide bonds. The number of hydrogen-bond acceptors (Lipinski definition) is 4. The third kappa shape index (κ3) is 3.95. The summed E-state index contributed by atoms with van der Waals surface area (Å²) in [6.45, 7) is 1.75. The molecule has 0 fully saturated rings. The van der Waals surface area contributed by atoms with Crippen LogP contribution in [0.4, 0.5) is 23.8 Å². The first-order chi connectivity index (χ1) is 8.34. The van der Waals surface area contributed by atoms with Crippen molar-refractivity contribution in [2.24, 2.45) is 0 Å². The zero-order valence-electron chi connectivity index (χ0n) is 9.14. The van der Waals surface area contributed by atoms with Gasteiger partial charge in [-0.2, -0.15) is 13.2 Å². The highest BCUT2D eigenvalue weighted by Crippen LogP contribution is 2.32. The second kappa shape index (κ2) is 5.76. The fourth-order valence-corrected chi connectivity index (χ4v) is 1.18. The number of hydrogen-bond donors (Lipinski definition) is 2. The predicted octanol–water partition coefficient (Wildman–Crippen LogP) is 2.83. The highest BCUT2D eigenvalue weighted by atomic mass is 35.5. The first kappa shape index (κ1) is 14.4. The molecular weight excluding hydrogens is 275 g/mol.